The second kappa shape index (κ2) is 6.57. The molecular weight excluding hydrogens is 352 g/mol. The van der Waals surface area contributed by atoms with E-state index in [0.29, 0.717) is 18.7 Å². The lowest BCUT2D eigenvalue weighted by atomic mass is 10.00. The molecule has 6 heteroatoms. The van der Waals surface area contributed by atoms with Crippen LogP contribution in [0.15, 0.2) is 42.5 Å². The largest absolute Gasteiger partial charge is 0.338 e. The predicted octanol–water partition coefficient (Wildman–Crippen LogP) is 2.91. The minimum atomic E-state index is -0.424. The van der Waals surface area contributed by atoms with Crippen LogP contribution >= 0.6 is 11.6 Å². The molecule has 0 fully saturated rings. The zero-order valence-electron chi connectivity index (χ0n) is 14.1. The van der Waals surface area contributed by atoms with Gasteiger partial charge in [0.05, 0.1) is 16.1 Å². The van der Waals surface area contributed by atoms with Gasteiger partial charge in [-0.25, -0.2) is 0 Å². The maximum atomic E-state index is 12.6. The highest BCUT2D eigenvalue weighted by molar-refractivity contribution is 6.37. The van der Waals surface area contributed by atoms with E-state index in [1.807, 2.05) is 18.2 Å². The molecule has 4 rings (SSSR count). The summed E-state index contributed by atoms with van der Waals surface area (Å²) in [5.41, 5.74) is 2.96. The number of fused-ring (bicyclic) bond motifs is 2. The molecule has 2 heterocycles. The molecule has 0 spiro atoms. The third-order valence-corrected chi connectivity index (χ3v) is 5.30. The van der Waals surface area contributed by atoms with E-state index in [-0.39, 0.29) is 35.4 Å². The van der Waals surface area contributed by atoms with Crippen molar-refractivity contribution in [3.8, 4) is 0 Å². The van der Waals surface area contributed by atoms with E-state index in [4.69, 9.17) is 11.6 Å². The van der Waals surface area contributed by atoms with Gasteiger partial charge < -0.3 is 4.90 Å². The number of carbonyl (C=O) groups excluding carboxylic acids is 3. The van der Waals surface area contributed by atoms with Gasteiger partial charge in [0.25, 0.3) is 11.8 Å². The molecule has 26 heavy (non-hydrogen) atoms. The van der Waals surface area contributed by atoms with Crippen LogP contribution in [0.2, 0.25) is 5.02 Å². The Kier molecular flexibility index (Phi) is 4.24. The van der Waals surface area contributed by atoms with Crippen molar-refractivity contribution >= 4 is 29.3 Å². The lowest BCUT2D eigenvalue weighted by Gasteiger charge is -2.29. The number of hydrogen-bond donors (Lipinski definition) is 0. The first-order chi connectivity index (χ1) is 12.6. The van der Waals surface area contributed by atoms with Gasteiger partial charge in [-0.2, -0.15) is 0 Å². The van der Waals surface area contributed by atoms with Crippen LogP contribution in [-0.4, -0.2) is 40.6 Å². The standard InChI is InChI=1S/C20H17ClN2O3/c21-16-7-3-6-15-18(16)20(26)23(19(15)25)11-9-17(24)22-10-8-13-4-1-2-5-14(13)12-22/h1-7H,8-12H2. The van der Waals surface area contributed by atoms with Crippen molar-refractivity contribution in [3.05, 3.63) is 69.7 Å². The minimum Gasteiger partial charge on any atom is -0.338 e. The number of carbonyl (C=O) groups is 3. The summed E-state index contributed by atoms with van der Waals surface area (Å²) in [6.45, 7) is 1.30. The van der Waals surface area contributed by atoms with E-state index in [1.165, 1.54) is 5.56 Å². The Morgan fingerprint density at radius 2 is 1.77 bits per heavy atom. The van der Waals surface area contributed by atoms with E-state index in [9.17, 15) is 14.4 Å². The second-order valence-electron chi connectivity index (χ2n) is 6.51. The van der Waals surface area contributed by atoms with E-state index >= 15 is 0 Å². The maximum absolute atomic E-state index is 12.6. The molecule has 0 aromatic heterocycles. The number of benzene rings is 2. The molecule has 2 aromatic carbocycles. The quantitative estimate of drug-likeness (QED) is 0.783. The monoisotopic (exact) mass is 368 g/mol. The normalized spacial score (nSPS) is 15.9. The maximum Gasteiger partial charge on any atom is 0.263 e. The van der Waals surface area contributed by atoms with E-state index in [0.717, 1.165) is 16.9 Å². The topological polar surface area (TPSA) is 57.7 Å². The van der Waals surface area contributed by atoms with Gasteiger partial charge in [0.15, 0.2) is 0 Å². The highest BCUT2D eigenvalue weighted by atomic mass is 35.5. The van der Waals surface area contributed by atoms with Crippen LogP contribution in [0.3, 0.4) is 0 Å². The van der Waals surface area contributed by atoms with Crippen molar-refractivity contribution in [2.75, 3.05) is 13.1 Å². The van der Waals surface area contributed by atoms with Gasteiger partial charge in [0.1, 0.15) is 0 Å². The Balaban J connectivity index is 1.42. The van der Waals surface area contributed by atoms with Crippen molar-refractivity contribution in [2.24, 2.45) is 0 Å². The summed E-state index contributed by atoms with van der Waals surface area (Å²) in [6.07, 6.45) is 0.940. The smallest absolute Gasteiger partial charge is 0.263 e. The molecule has 5 nitrogen and oxygen atoms in total. The Labute approximate surface area is 156 Å². The van der Waals surface area contributed by atoms with Crippen LogP contribution in [0.5, 0.6) is 0 Å². The van der Waals surface area contributed by atoms with Gasteiger partial charge in [-0.3, -0.25) is 19.3 Å². The average Bonchev–Trinajstić information content (AvgIpc) is 2.91. The number of rotatable bonds is 3. The fourth-order valence-electron chi connectivity index (χ4n) is 3.57. The second-order valence-corrected chi connectivity index (χ2v) is 6.92. The Bertz CT molecular complexity index is 925. The fourth-order valence-corrected chi connectivity index (χ4v) is 3.82. The fraction of sp³-hybridized carbons (Fsp3) is 0.250. The first-order valence-corrected chi connectivity index (χ1v) is 8.93. The average molecular weight is 369 g/mol. The highest BCUT2D eigenvalue weighted by Gasteiger charge is 2.37. The first kappa shape index (κ1) is 16.8. The third-order valence-electron chi connectivity index (χ3n) is 4.98. The van der Waals surface area contributed by atoms with Crippen molar-refractivity contribution in [3.63, 3.8) is 0 Å². The van der Waals surface area contributed by atoms with Crippen molar-refractivity contribution in [1.29, 1.82) is 0 Å². The molecule has 0 saturated heterocycles. The van der Waals surface area contributed by atoms with Gasteiger partial charge >= 0.3 is 0 Å². The van der Waals surface area contributed by atoms with E-state index < -0.39 is 5.91 Å². The summed E-state index contributed by atoms with van der Waals surface area (Å²) in [5.74, 6) is -0.862. The molecule has 2 aliphatic heterocycles. The Hall–Kier alpha value is -2.66. The van der Waals surface area contributed by atoms with Crippen molar-refractivity contribution in [2.45, 2.75) is 19.4 Å². The molecule has 0 radical (unpaired) electrons. The predicted molar refractivity (Wildman–Crippen MR) is 97.0 cm³/mol. The van der Waals surface area contributed by atoms with Crippen LogP contribution in [0.4, 0.5) is 0 Å². The summed E-state index contributed by atoms with van der Waals surface area (Å²) < 4.78 is 0. The molecule has 0 bridgehead atoms. The van der Waals surface area contributed by atoms with Gasteiger partial charge in [0, 0.05) is 26.1 Å². The third kappa shape index (κ3) is 2.78. The van der Waals surface area contributed by atoms with E-state index in [2.05, 4.69) is 6.07 Å². The summed E-state index contributed by atoms with van der Waals surface area (Å²) in [6, 6.07) is 12.9. The molecule has 0 unspecified atom stereocenters. The van der Waals surface area contributed by atoms with Crippen LogP contribution in [0.25, 0.3) is 0 Å². The Morgan fingerprint density at radius 1 is 1.00 bits per heavy atom. The number of nitrogens with zero attached hydrogens (tertiary/aromatic N) is 2. The zero-order chi connectivity index (χ0) is 18.3. The summed E-state index contributed by atoms with van der Waals surface area (Å²) in [7, 11) is 0. The molecular formula is C20H17ClN2O3. The van der Waals surface area contributed by atoms with Gasteiger partial charge in [-0.05, 0) is 29.7 Å². The van der Waals surface area contributed by atoms with Gasteiger partial charge in [-0.1, -0.05) is 41.9 Å². The number of hydrogen-bond acceptors (Lipinski definition) is 3. The zero-order valence-corrected chi connectivity index (χ0v) is 14.8. The van der Waals surface area contributed by atoms with E-state index in [1.54, 1.807) is 23.1 Å². The molecule has 0 saturated carbocycles. The first-order valence-electron chi connectivity index (χ1n) is 8.55. The molecule has 3 amide bonds. The van der Waals surface area contributed by atoms with Gasteiger partial charge in [0.2, 0.25) is 5.91 Å². The molecule has 132 valence electrons. The van der Waals surface area contributed by atoms with Crippen LogP contribution in [0.1, 0.15) is 38.3 Å². The summed E-state index contributed by atoms with van der Waals surface area (Å²) >= 11 is 6.05. The highest BCUT2D eigenvalue weighted by Crippen LogP contribution is 2.29. The molecule has 2 aromatic rings. The van der Waals surface area contributed by atoms with Crippen LogP contribution in [0, 0.1) is 0 Å². The summed E-state index contributed by atoms with van der Waals surface area (Å²) in [5, 5.41) is 0.266. The van der Waals surface area contributed by atoms with Crippen LogP contribution in [-0.2, 0) is 17.8 Å². The number of imide groups is 1. The van der Waals surface area contributed by atoms with Gasteiger partial charge in [-0.15, -0.1) is 0 Å². The van der Waals surface area contributed by atoms with Crippen LogP contribution < -0.4 is 0 Å². The Morgan fingerprint density at radius 3 is 2.54 bits per heavy atom. The van der Waals surface area contributed by atoms with Crippen molar-refractivity contribution in [1.82, 2.24) is 9.80 Å². The molecule has 0 aliphatic carbocycles. The summed E-state index contributed by atoms with van der Waals surface area (Å²) in [4.78, 5) is 40.4. The number of amides is 3. The molecule has 0 atom stereocenters. The molecule has 2 aliphatic rings. The SMILES string of the molecule is O=C(CCN1C(=O)c2cccc(Cl)c2C1=O)N1CCc2ccccc2C1. The lowest BCUT2D eigenvalue weighted by molar-refractivity contribution is -0.132. The molecule has 0 N–H and O–H groups in total. The number of halogens is 1. The lowest BCUT2D eigenvalue weighted by Crippen LogP contribution is -2.39. The minimum absolute atomic E-state index is 0.0536. The van der Waals surface area contributed by atoms with Crippen molar-refractivity contribution < 1.29 is 14.4 Å².